The number of benzene rings is 1. The van der Waals surface area contributed by atoms with Crippen LogP contribution in [-0.4, -0.2) is 5.91 Å². The minimum Gasteiger partial charge on any atom is -0.365 e. The van der Waals surface area contributed by atoms with Gasteiger partial charge in [0.05, 0.1) is 4.88 Å². The van der Waals surface area contributed by atoms with Gasteiger partial charge in [0.25, 0.3) is 5.91 Å². The van der Waals surface area contributed by atoms with Crippen molar-refractivity contribution in [1.82, 2.24) is 0 Å². The molecular weight excluding hydrogens is 230 g/mol. The van der Waals surface area contributed by atoms with Gasteiger partial charge >= 0.3 is 0 Å². The summed E-state index contributed by atoms with van der Waals surface area (Å²) in [6, 6.07) is 9.21. The molecule has 0 unspecified atom stereocenters. The molecule has 0 bridgehead atoms. The second-order valence-corrected chi connectivity index (χ2v) is 4.39. The van der Waals surface area contributed by atoms with Crippen molar-refractivity contribution in [2.45, 2.75) is 0 Å². The lowest BCUT2D eigenvalue weighted by Gasteiger charge is -2.00. The van der Waals surface area contributed by atoms with Crippen molar-refractivity contribution in [1.29, 1.82) is 0 Å². The Morgan fingerprint density at radius 1 is 1.20 bits per heavy atom. The zero-order valence-corrected chi connectivity index (χ0v) is 9.31. The number of hydrogen-bond donors (Lipinski definition) is 1. The van der Waals surface area contributed by atoms with Crippen LogP contribution < -0.4 is 5.73 Å². The second kappa shape index (κ2) is 4.04. The van der Waals surface area contributed by atoms with E-state index in [2.05, 4.69) is 0 Å². The van der Waals surface area contributed by atoms with E-state index in [4.69, 9.17) is 17.3 Å². The molecule has 2 rings (SSSR count). The molecule has 0 saturated carbocycles. The normalized spacial score (nSPS) is 10.2. The van der Waals surface area contributed by atoms with Crippen LogP contribution in [0.4, 0.5) is 0 Å². The molecule has 0 saturated heterocycles. The molecule has 2 N–H and O–H groups in total. The number of hydrogen-bond acceptors (Lipinski definition) is 2. The molecule has 1 amide bonds. The van der Waals surface area contributed by atoms with Gasteiger partial charge in [0.1, 0.15) is 0 Å². The van der Waals surface area contributed by atoms with E-state index in [9.17, 15) is 4.79 Å². The summed E-state index contributed by atoms with van der Waals surface area (Å²) in [5.41, 5.74) is 7.09. The predicted molar refractivity (Wildman–Crippen MR) is 63.3 cm³/mol. The lowest BCUT2D eigenvalue weighted by atomic mass is 10.1. The van der Waals surface area contributed by atoms with Crippen LogP contribution >= 0.6 is 22.9 Å². The van der Waals surface area contributed by atoms with Crippen LogP contribution in [0.1, 0.15) is 9.67 Å². The van der Waals surface area contributed by atoms with E-state index in [0.717, 1.165) is 11.1 Å². The van der Waals surface area contributed by atoms with Crippen LogP contribution in [0, 0.1) is 0 Å². The minimum atomic E-state index is -0.394. The summed E-state index contributed by atoms with van der Waals surface area (Å²) >= 11 is 7.14. The predicted octanol–water partition coefficient (Wildman–Crippen LogP) is 3.17. The Labute approximate surface area is 96.3 Å². The molecule has 2 aromatic rings. The number of halogens is 1. The van der Waals surface area contributed by atoms with Gasteiger partial charge in [-0.05, 0) is 29.1 Å². The maximum Gasteiger partial charge on any atom is 0.259 e. The number of amides is 1. The van der Waals surface area contributed by atoms with Crippen LogP contribution in [0.25, 0.3) is 11.1 Å². The molecule has 0 fully saturated rings. The van der Waals surface area contributed by atoms with E-state index < -0.39 is 5.91 Å². The number of rotatable bonds is 2. The summed E-state index contributed by atoms with van der Waals surface area (Å²) in [5.74, 6) is -0.394. The lowest BCUT2D eigenvalue weighted by Crippen LogP contribution is -2.09. The highest BCUT2D eigenvalue weighted by Crippen LogP contribution is 2.28. The van der Waals surface area contributed by atoms with Crippen molar-refractivity contribution < 1.29 is 4.79 Å². The van der Waals surface area contributed by atoms with Crippen LogP contribution in [0.3, 0.4) is 0 Å². The van der Waals surface area contributed by atoms with Crippen molar-refractivity contribution in [3.8, 4) is 11.1 Å². The molecule has 0 aliphatic heterocycles. The highest BCUT2D eigenvalue weighted by molar-refractivity contribution is 7.12. The summed E-state index contributed by atoms with van der Waals surface area (Å²) in [6.07, 6.45) is 0. The average Bonchev–Trinajstić information content (AvgIpc) is 2.67. The van der Waals surface area contributed by atoms with Crippen LogP contribution in [0.5, 0.6) is 0 Å². The fraction of sp³-hybridized carbons (Fsp3) is 0. The second-order valence-electron chi connectivity index (χ2n) is 3.03. The quantitative estimate of drug-likeness (QED) is 0.857. The van der Waals surface area contributed by atoms with E-state index in [-0.39, 0.29) is 0 Å². The number of carbonyl (C=O) groups is 1. The van der Waals surface area contributed by atoms with Crippen LogP contribution in [-0.2, 0) is 0 Å². The van der Waals surface area contributed by atoms with Gasteiger partial charge in [0.15, 0.2) is 0 Å². The maximum absolute atomic E-state index is 11.1. The Morgan fingerprint density at radius 2 is 1.87 bits per heavy atom. The zero-order valence-electron chi connectivity index (χ0n) is 7.74. The molecule has 15 heavy (non-hydrogen) atoms. The van der Waals surface area contributed by atoms with Gasteiger partial charge in [-0.15, -0.1) is 11.3 Å². The Bertz CT molecular complexity index is 490. The summed E-state index contributed by atoms with van der Waals surface area (Å²) in [7, 11) is 0. The Morgan fingerprint density at radius 3 is 2.47 bits per heavy atom. The molecule has 0 spiro atoms. The van der Waals surface area contributed by atoms with Crippen LogP contribution in [0.2, 0.25) is 5.02 Å². The van der Waals surface area contributed by atoms with E-state index in [1.54, 1.807) is 12.1 Å². The largest absolute Gasteiger partial charge is 0.365 e. The SMILES string of the molecule is NC(=O)c1sccc1-c1ccc(Cl)cc1. The van der Waals surface area contributed by atoms with Crippen molar-refractivity contribution in [3.63, 3.8) is 0 Å². The van der Waals surface area contributed by atoms with Crippen molar-refractivity contribution in [3.05, 3.63) is 45.6 Å². The number of carbonyl (C=O) groups excluding carboxylic acids is 1. The molecule has 1 aromatic carbocycles. The molecule has 4 heteroatoms. The lowest BCUT2D eigenvalue weighted by molar-refractivity contribution is 0.100. The standard InChI is InChI=1S/C11H8ClNOS/c12-8-3-1-7(2-4-8)9-5-6-15-10(9)11(13)14/h1-6H,(H2,13,14). The number of nitrogens with two attached hydrogens (primary N) is 1. The monoisotopic (exact) mass is 237 g/mol. The van der Waals surface area contributed by atoms with Gasteiger partial charge in [-0.1, -0.05) is 23.7 Å². The third-order valence-corrected chi connectivity index (χ3v) is 3.23. The summed E-state index contributed by atoms with van der Waals surface area (Å²) < 4.78 is 0. The Kier molecular flexibility index (Phi) is 2.75. The van der Waals surface area contributed by atoms with E-state index in [1.807, 2.05) is 23.6 Å². The van der Waals surface area contributed by atoms with Gasteiger partial charge in [0.2, 0.25) is 0 Å². The Hall–Kier alpha value is -1.32. The molecule has 1 aromatic heterocycles. The fourth-order valence-corrected chi connectivity index (χ4v) is 2.25. The van der Waals surface area contributed by atoms with Crippen molar-refractivity contribution in [2.75, 3.05) is 0 Å². The zero-order chi connectivity index (χ0) is 10.8. The van der Waals surface area contributed by atoms with E-state index in [0.29, 0.717) is 9.90 Å². The number of primary amides is 1. The Balaban J connectivity index is 2.49. The van der Waals surface area contributed by atoms with Gasteiger partial charge in [-0.2, -0.15) is 0 Å². The molecule has 1 heterocycles. The first-order valence-electron chi connectivity index (χ1n) is 4.31. The molecule has 0 aliphatic rings. The van der Waals surface area contributed by atoms with E-state index in [1.165, 1.54) is 11.3 Å². The maximum atomic E-state index is 11.1. The molecule has 0 radical (unpaired) electrons. The number of thiophene rings is 1. The molecular formula is C11H8ClNOS. The van der Waals surface area contributed by atoms with Crippen molar-refractivity contribution in [2.24, 2.45) is 5.73 Å². The third-order valence-electron chi connectivity index (χ3n) is 2.04. The first-order valence-corrected chi connectivity index (χ1v) is 5.57. The summed E-state index contributed by atoms with van der Waals surface area (Å²) in [4.78, 5) is 11.7. The molecule has 76 valence electrons. The molecule has 0 atom stereocenters. The van der Waals surface area contributed by atoms with Gasteiger partial charge in [-0.25, -0.2) is 0 Å². The summed E-state index contributed by atoms with van der Waals surface area (Å²) in [6.45, 7) is 0. The first-order chi connectivity index (χ1) is 7.18. The molecule has 2 nitrogen and oxygen atoms in total. The average molecular weight is 238 g/mol. The highest BCUT2D eigenvalue weighted by Gasteiger charge is 2.10. The highest BCUT2D eigenvalue weighted by atomic mass is 35.5. The van der Waals surface area contributed by atoms with E-state index >= 15 is 0 Å². The third kappa shape index (κ3) is 2.03. The topological polar surface area (TPSA) is 43.1 Å². The molecule has 0 aliphatic carbocycles. The van der Waals surface area contributed by atoms with Gasteiger partial charge < -0.3 is 5.73 Å². The van der Waals surface area contributed by atoms with Gasteiger partial charge in [0, 0.05) is 10.6 Å². The smallest absolute Gasteiger partial charge is 0.259 e. The van der Waals surface area contributed by atoms with Crippen molar-refractivity contribution >= 4 is 28.8 Å². The van der Waals surface area contributed by atoms with Gasteiger partial charge in [-0.3, -0.25) is 4.79 Å². The minimum absolute atomic E-state index is 0.394. The fourth-order valence-electron chi connectivity index (χ4n) is 1.36. The summed E-state index contributed by atoms with van der Waals surface area (Å²) in [5, 5.41) is 2.53. The first kappa shape index (κ1) is 10.2. The van der Waals surface area contributed by atoms with Crippen LogP contribution in [0.15, 0.2) is 35.7 Å².